The minimum absolute atomic E-state index is 0.00305. The maximum absolute atomic E-state index is 12.6. The maximum atomic E-state index is 12.6. The van der Waals surface area contributed by atoms with Crippen molar-refractivity contribution >= 4 is 17.4 Å². The highest BCUT2D eigenvalue weighted by atomic mass is 16.2. The van der Waals surface area contributed by atoms with Crippen molar-refractivity contribution in [2.75, 3.05) is 25.0 Å². The van der Waals surface area contributed by atoms with E-state index in [-0.39, 0.29) is 11.7 Å². The molecule has 0 atom stereocenters. The van der Waals surface area contributed by atoms with Crippen LogP contribution in [0.2, 0.25) is 0 Å². The Kier molecular flexibility index (Phi) is 4.01. The second kappa shape index (κ2) is 5.95. The molecule has 0 unspecified atom stereocenters. The number of aryl methyl sites for hydroxylation is 1. The van der Waals surface area contributed by atoms with Crippen LogP contribution in [0.15, 0.2) is 30.0 Å². The van der Waals surface area contributed by atoms with Crippen molar-refractivity contribution in [1.29, 1.82) is 0 Å². The van der Waals surface area contributed by atoms with E-state index >= 15 is 0 Å². The summed E-state index contributed by atoms with van der Waals surface area (Å²) in [5.41, 5.74) is 3.61. The number of anilines is 1. The standard InChI is InChI=1S/C18H22N2O2/c1-13(21)19(2)16-7-8-17-14(11-16)5-6-15(18(17)22)12-20-9-3-4-10-20/h7-8,11-12H,3-6,9-10H2,1-2H3/b15-12+. The van der Waals surface area contributed by atoms with Crippen LogP contribution in [0.25, 0.3) is 0 Å². The number of hydrogen-bond acceptors (Lipinski definition) is 3. The van der Waals surface area contributed by atoms with Crippen LogP contribution in [0, 0.1) is 0 Å². The third-order valence-corrected chi connectivity index (χ3v) is 4.63. The number of Topliss-reactive ketones (excluding diaryl/α,β-unsaturated/α-hetero) is 1. The van der Waals surface area contributed by atoms with Gasteiger partial charge in [-0.15, -0.1) is 0 Å². The Labute approximate surface area is 131 Å². The van der Waals surface area contributed by atoms with E-state index in [0.717, 1.165) is 48.3 Å². The van der Waals surface area contributed by atoms with E-state index in [1.807, 2.05) is 18.2 Å². The third-order valence-electron chi connectivity index (χ3n) is 4.63. The first-order valence-corrected chi connectivity index (χ1v) is 7.93. The van der Waals surface area contributed by atoms with Gasteiger partial charge in [0.05, 0.1) is 0 Å². The first-order chi connectivity index (χ1) is 10.6. The normalized spacial score (nSPS) is 19.5. The van der Waals surface area contributed by atoms with Gasteiger partial charge in [-0.05, 0) is 49.4 Å². The summed E-state index contributed by atoms with van der Waals surface area (Å²) in [4.78, 5) is 28.0. The van der Waals surface area contributed by atoms with Gasteiger partial charge in [-0.3, -0.25) is 9.59 Å². The Morgan fingerprint density at radius 3 is 2.64 bits per heavy atom. The first-order valence-electron chi connectivity index (χ1n) is 7.93. The van der Waals surface area contributed by atoms with E-state index in [2.05, 4.69) is 11.1 Å². The highest BCUT2D eigenvalue weighted by Crippen LogP contribution is 2.29. The predicted molar refractivity (Wildman–Crippen MR) is 87.1 cm³/mol. The molecule has 0 bridgehead atoms. The van der Waals surface area contributed by atoms with E-state index in [9.17, 15) is 9.59 Å². The van der Waals surface area contributed by atoms with Gasteiger partial charge < -0.3 is 9.80 Å². The first kappa shape index (κ1) is 14.8. The van der Waals surface area contributed by atoms with Crippen molar-refractivity contribution in [1.82, 2.24) is 4.90 Å². The molecular weight excluding hydrogens is 276 g/mol. The largest absolute Gasteiger partial charge is 0.377 e. The lowest BCUT2D eigenvalue weighted by atomic mass is 9.87. The fourth-order valence-electron chi connectivity index (χ4n) is 3.17. The summed E-state index contributed by atoms with van der Waals surface area (Å²) in [5, 5.41) is 0. The topological polar surface area (TPSA) is 40.6 Å². The molecule has 1 aromatic carbocycles. The minimum Gasteiger partial charge on any atom is -0.377 e. The van der Waals surface area contributed by atoms with Crippen LogP contribution < -0.4 is 4.90 Å². The number of hydrogen-bond donors (Lipinski definition) is 0. The van der Waals surface area contributed by atoms with Crippen LogP contribution in [-0.4, -0.2) is 36.7 Å². The van der Waals surface area contributed by atoms with Crippen molar-refractivity contribution in [2.45, 2.75) is 32.6 Å². The summed E-state index contributed by atoms with van der Waals surface area (Å²) in [5.74, 6) is 0.141. The van der Waals surface area contributed by atoms with Gasteiger partial charge in [0.15, 0.2) is 5.78 Å². The zero-order chi connectivity index (χ0) is 15.7. The quantitative estimate of drug-likeness (QED) is 0.788. The number of carbonyl (C=O) groups is 2. The van der Waals surface area contributed by atoms with Crippen LogP contribution >= 0.6 is 0 Å². The maximum Gasteiger partial charge on any atom is 0.223 e. The Morgan fingerprint density at radius 2 is 1.95 bits per heavy atom. The highest BCUT2D eigenvalue weighted by molar-refractivity contribution is 6.11. The Hall–Kier alpha value is -2.10. The third kappa shape index (κ3) is 2.78. The molecule has 1 aliphatic carbocycles. The molecule has 0 aromatic heterocycles. The molecule has 0 N–H and O–H groups in total. The number of benzene rings is 1. The lowest BCUT2D eigenvalue weighted by Crippen LogP contribution is -2.24. The van der Waals surface area contributed by atoms with E-state index in [4.69, 9.17) is 0 Å². The smallest absolute Gasteiger partial charge is 0.223 e. The molecule has 3 rings (SSSR count). The molecule has 1 amide bonds. The Balaban J connectivity index is 1.86. The van der Waals surface area contributed by atoms with Crippen LogP contribution in [0.5, 0.6) is 0 Å². The predicted octanol–water partition coefficient (Wildman–Crippen LogP) is 2.78. The zero-order valence-corrected chi connectivity index (χ0v) is 13.3. The van der Waals surface area contributed by atoms with Crippen molar-refractivity contribution < 1.29 is 9.59 Å². The average Bonchev–Trinajstić information content (AvgIpc) is 3.02. The average molecular weight is 298 g/mol. The molecule has 1 fully saturated rings. The molecule has 116 valence electrons. The molecule has 1 aromatic rings. The molecule has 1 saturated heterocycles. The van der Waals surface area contributed by atoms with Crippen molar-refractivity contribution in [3.63, 3.8) is 0 Å². The van der Waals surface area contributed by atoms with Crippen LogP contribution in [0.1, 0.15) is 42.1 Å². The van der Waals surface area contributed by atoms with E-state index in [1.165, 1.54) is 12.8 Å². The number of nitrogens with zero attached hydrogens (tertiary/aromatic N) is 2. The molecule has 1 heterocycles. The fourth-order valence-corrected chi connectivity index (χ4v) is 3.17. The number of amides is 1. The number of ketones is 1. The fraction of sp³-hybridized carbons (Fsp3) is 0.444. The lowest BCUT2D eigenvalue weighted by Gasteiger charge is -2.23. The summed E-state index contributed by atoms with van der Waals surface area (Å²) >= 11 is 0. The minimum atomic E-state index is -0.00305. The Morgan fingerprint density at radius 1 is 1.23 bits per heavy atom. The highest BCUT2D eigenvalue weighted by Gasteiger charge is 2.24. The second-order valence-corrected chi connectivity index (χ2v) is 6.15. The number of fused-ring (bicyclic) bond motifs is 1. The second-order valence-electron chi connectivity index (χ2n) is 6.15. The van der Waals surface area contributed by atoms with Crippen molar-refractivity contribution in [3.8, 4) is 0 Å². The summed E-state index contributed by atoms with van der Waals surface area (Å²) in [6, 6.07) is 5.70. The SMILES string of the molecule is CC(=O)N(C)c1ccc2c(c1)CC/C(=C\N1CCCC1)C2=O. The lowest BCUT2D eigenvalue weighted by molar-refractivity contribution is -0.116. The number of likely N-dealkylation sites (tertiary alicyclic amines) is 1. The van der Waals surface area contributed by atoms with Crippen molar-refractivity contribution in [3.05, 3.63) is 41.1 Å². The van der Waals surface area contributed by atoms with E-state index < -0.39 is 0 Å². The van der Waals surface area contributed by atoms with Gasteiger partial charge in [-0.25, -0.2) is 0 Å². The molecular formula is C18H22N2O2. The monoisotopic (exact) mass is 298 g/mol. The van der Waals surface area contributed by atoms with Crippen LogP contribution in [0.3, 0.4) is 0 Å². The zero-order valence-electron chi connectivity index (χ0n) is 13.3. The number of carbonyl (C=O) groups excluding carboxylic acids is 2. The number of rotatable bonds is 2. The molecule has 0 saturated carbocycles. The van der Waals surface area contributed by atoms with Gasteiger partial charge in [-0.1, -0.05) is 0 Å². The molecule has 1 aliphatic heterocycles. The molecule has 4 nitrogen and oxygen atoms in total. The molecule has 0 radical (unpaired) electrons. The van der Waals surface area contributed by atoms with Gasteiger partial charge in [-0.2, -0.15) is 0 Å². The van der Waals surface area contributed by atoms with Crippen LogP contribution in [0.4, 0.5) is 5.69 Å². The van der Waals surface area contributed by atoms with Gasteiger partial charge in [0.25, 0.3) is 0 Å². The summed E-state index contributed by atoms with van der Waals surface area (Å²) in [6.45, 7) is 3.67. The van der Waals surface area contributed by atoms with E-state index in [1.54, 1.807) is 18.9 Å². The Bertz CT molecular complexity index is 642. The molecule has 0 spiro atoms. The van der Waals surface area contributed by atoms with Gasteiger partial charge in [0, 0.05) is 50.1 Å². The summed E-state index contributed by atoms with van der Waals surface area (Å²) in [7, 11) is 1.76. The van der Waals surface area contributed by atoms with Crippen LogP contribution in [-0.2, 0) is 11.2 Å². The number of allylic oxidation sites excluding steroid dienone is 1. The molecule has 22 heavy (non-hydrogen) atoms. The van der Waals surface area contributed by atoms with Gasteiger partial charge in [0.1, 0.15) is 0 Å². The molecule has 2 aliphatic rings. The van der Waals surface area contributed by atoms with Crippen molar-refractivity contribution in [2.24, 2.45) is 0 Å². The van der Waals surface area contributed by atoms with Gasteiger partial charge >= 0.3 is 0 Å². The summed E-state index contributed by atoms with van der Waals surface area (Å²) < 4.78 is 0. The van der Waals surface area contributed by atoms with E-state index in [0.29, 0.717) is 0 Å². The summed E-state index contributed by atoms with van der Waals surface area (Å²) in [6.07, 6.45) is 6.15. The molecule has 4 heteroatoms. The van der Waals surface area contributed by atoms with Gasteiger partial charge in [0.2, 0.25) is 5.91 Å².